The molecule has 0 heterocycles. The maximum Gasteiger partial charge on any atom is 0.264 e. The van der Waals surface area contributed by atoms with Crippen molar-refractivity contribution in [1.29, 1.82) is 0 Å². The Morgan fingerprint density at radius 2 is 1.55 bits per heavy atom. The Morgan fingerprint density at radius 3 is 2.10 bits per heavy atom. The molecule has 3 aromatic rings. The van der Waals surface area contributed by atoms with E-state index in [1.165, 1.54) is 17.0 Å². The fourth-order valence-electron chi connectivity index (χ4n) is 4.38. The third-order valence-corrected chi connectivity index (χ3v) is 9.15. The third-order valence-electron chi connectivity index (χ3n) is 6.65. The lowest BCUT2D eigenvalue weighted by Crippen LogP contribution is -2.52. The molecule has 1 N–H and O–H groups in total. The zero-order valence-electron chi connectivity index (χ0n) is 24.3. The summed E-state index contributed by atoms with van der Waals surface area (Å²) in [6, 6.07) is 17.0. The van der Waals surface area contributed by atoms with Gasteiger partial charge in [0, 0.05) is 28.7 Å². The zero-order valence-corrected chi connectivity index (χ0v) is 26.6. The van der Waals surface area contributed by atoms with Crippen LogP contribution in [0, 0.1) is 6.92 Å². The van der Waals surface area contributed by atoms with Crippen LogP contribution in [0.15, 0.2) is 71.6 Å². The first kappa shape index (κ1) is 33.2. The maximum atomic E-state index is 14.2. The van der Waals surface area contributed by atoms with Gasteiger partial charge in [-0.25, -0.2) is 8.42 Å². The second kappa shape index (κ2) is 15.3. The minimum atomic E-state index is -4.19. The van der Waals surface area contributed by atoms with E-state index in [0.717, 1.165) is 9.87 Å². The molecule has 0 bridgehead atoms. The van der Waals surface area contributed by atoms with Gasteiger partial charge in [-0.05, 0) is 75.2 Å². The highest BCUT2D eigenvalue weighted by Crippen LogP contribution is 2.29. The van der Waals surface area contributed by atoms with Crippen molar-refractivity contribution in [2.45, 2.75) is 58.0 Å². The summed E-state index contributed by atoms with van der Waals surface area (Å²) in [5, 5.41) is 3.52. The van der Waals surface area contributed by atoms with Crippen molar-refractivity contribution >= 4 is 50.7 Å². The maximum absolute atomic E-state index is 14.2. The number of benzene rings is 3. The molecule has 226 valence electrons. The summed E-state index contributed by atoms with van der Waals surface area (Å²) in [6.07, 6.45) is 1.00. The summed E-state index contributed by atoms with van der Waals surface area (Å²) in [4.78, 5) is 28.8. The fraction of sp³-hybridized carbons (Fsp3) is 0.355. The van der Waals surface area contributed by atoms with Gasteiger partial charge in [0.15, 0.2) is 0 Å². The Morgan fingerprint density at radius 1 is 0.929 bits per heavy atom. The molecule has 3 aromatic carbocycles. The van der Waals surface area contributed by atoms with Crippen LogP contribution in [0.2, 0.25) is 10.0 Å². The van der Waals surface area contributed by atoms with Gasteiger partial charge < -0.3 is 15.0 Å². The van der Waals surface area contributed by atoms with Gasteiger partial charge in [-0.3, -0.25) is 13.9 Å². The lowest BCUT2D eigenvalue weighted by Gasteiger charge is -2.33. The molecular formula is C31H37Cl2N3O5S. The van der Waals surface area contributed by atoms with Crippen molar-refractivity contribution in [3.05, 3.63) is 87.9 Å². The lowest BCUT2D eigenvalue weighted by atomic mass is 10.1. The van der Waals surface area contributed by atoms with Crippen molar-refractivity contribution in [3.8, 4) is 5.75 Å². The zero-order chi connectivity index (χ0) is 30.9. The number of hydrogen-bond acceptors (Lipinski definition) is 5. The first-order valence-corrected chi connectivity index (χ1v) is 16.0. The van der Waals surface area contributed by atoms with Crippen molar-refractivity contribution in [2.24, 2.45) is 0 Å². The van der Waals surface area contributed by atoms with Crippen molar-refractivity contribution in [2.75, 3.05) is 24.0 Å². The predicted octanol–water partition coefficient (Wildman–Crippen LogP) is 6.23. The normalized spacial score (nSPS) is 12.0. The minimum Gasteiger partial charge on any atom is -0.494 e. The Labute approximate surface area is 258 Å². The number of carbonyl (C=O) groups is 2. The van der Waals surface area contributed by atoms with Crippen molar-refractivity contribution < 1.29 is 22.7 Å². The third kappa shape index (κ3) is 8.18. The Kier molecular flexibility index (Phi) is 12.1. The number of hydrogen-bond donors (Lipinski definition) is 1. The van der Waals surface area contributed by atoms with Gasteiger partial charge in [0.2, 0.25) is 11.8 Å². The molecule has 1 atom stereocenters. The molecule has 8 nitrogen and oxygen atoms in total. The average Bonchev–Trinajstić information content (AvgIpc) is 2.97. The van der Waals surface area contributed by atoms with E-state index in [-0.39, 0.29) is 29.5 Å². The van der Waals surface area contributed by atoms with Gasteiger partial charge >= 0.3 is 0 Å². The second-order valence-electron chi connectivity index (χ2n) is 9.69. The van der Waals surface area contributed by atoms with Crippen LogP contribution in [-0.2, 0) is 26.2 Å². The minimum absolute atomic E-state index is 0.0308. The van der Waals surface area contributed by atoms with E-state index in [1.54, 1.807) is 61.5 Å². The van der Waals surface area contributed by atoms with Gasteiger partial charge in [-0.2, -0.15) is 0 Å². The summed E-state index contributed by atoms with van der Waals surface area (Å²) in [5.41, 5.74) is 1.63. The molecule has 0 spiro atoms. The number of nitrogens with one attached hydrogen (secondary N) is 1. The van der Waals surface area contributed by atoms with Gasteiger partial charge in [-0.15, -0.1) is 0 Å². The van der Waals surface area contributed by atoms with E-state index in [4.69, 9.17) is 27.9 Å². The molecule has 3 rings (SSSR count). The molecule has 0 aromatic heterocycles. The van der Waals surface area contributed by atoms with E-state index in [9.17, 15) is 18.0 Å². The highest BCUT2D eigenvalue weighted by atomic mass is 35.5. The Balaban J connectivity index is 2.09. The van der Waals surface area contributed by atoms with Crippen molar-refractivity contribution in [1.82, 2.24) is 10.2 Å². The summed E-state index contributed by atoms with van der Waals surface area (Å²) in [5.74, 6) is -0.368. The first-order valence-electron chi connectivity index (χ1n) is 13.9. The molecular weight excluding hydrogens is 597 g/mol. The number of sulfonamides is 1. The van der Waals surface area contributed by atoms with Crippen molar-refractivity contribution in [3.63, 3.8) is 0 Å². The average molecular weight is 635 g/mol. The Hall–Kier alpha value is -3.27. The number of nitrogens with zero attached hydrogens (tertiary/aromatic N) is 2. The predicted molar refractivity (Wildman–Crippen MR) is 168 cm³/mol. The first-order chi connectivity index (χ1) is 20.0. The van der Waals surface area contributed by atoms with Gasteiger partial charge in [0.05, 0.1) is 17.2 Å². The lowest BCUT2D eigenvalue weighted by molar-refractivity contribution is -0.140. The van der Waals surface area contributed by atoms with Crippen LogP contribution >= 0.6 is 23.2 Å². The smallest absolute Gasteiger partial charge is 0.264 e. The second-order valence-corrected chi connectivity index (χ2v) is 12.4. The monoisotopic (exact) mass is 633 g/mol. The molecule has 0 unspecified atom stereocenters. The molecule has 0 saturated heterocycles. The van der Waals surface area contributed by atoms with Crippen LogP contribution in [-0.4, -0.2) is 50.9 Å². The van der Waals surface area contributed by atoms with Crippen LogP contribution < -0.4 is 14.4 Å². The van der Waals surface area contributed by atoms with E-state index < -0.39 is 28.5 Å². The van der Waals surface area contributed by atoms with Gasteiger partial charge in [0.25, 0.3) is 10.0 Å². The van der Waals surface area contributed by atoms with E-state index in [0.29, 0.717) is 40.9 Å². The summed E-state index contributed by atoms with van der Waals surface area (Å²) >= 11 is 12.9. The topological polar surface area (TPSA) is 96.0 Å². The molecule has 0 aliphatic heterocycles. The quantitative estimate of drug-likeness (QED) is 0.227. The molecule has 42 heavy (non-hydrogen) atoms. The molecule has 11 heteroatoms. The van der Waals surface area contributed by atoms with Gasteiger partial charge in [0.1, 0.15) is 18.3 Å². The van der Waals surface area contributed by atoms with E-state index in [2.05, 4.69) is 5.32 Å². The standard InChI is InChI=1S/C31H37Cl2N3O5S/c1-5-19-34-31(38)29(6-2)35(20-26-27(32)9-8-10-28(26)33)30(37)21-36(23-13-15-24(16-14-23)41-7-3)42(39,40)25-17-11-22(4)12-18-25/h8-18,29H,5-7,19-21H2,1-4H3,(H,34,38)/t29-/m0/s1. The fourth-order valence-corrected chi connectivity index (χ4v) is 6.31. The number of ether oxygens (including phenoxy) is 1. The molecule has 2 amide bonds. The summed E-state index contributed by atoms with van der Waals surface area (Å²) in [6.45, 7) is 7.65. The summed E-state index contributed by atoms with van der Waals surface area (Å²) < 4.78 is 34.6. The SMILES string of the molecule is CCCNC(=O)[C@H](CC)N(Cc1c(Cl)cccc1Cl)C(=O)CN(c1ccc(OCC)cc1)S(=O)(=O)c1ccc(C)cc1. The van der Waals surface area contributed by atoms with Gasteiger partial charge in [-0.1, -0.05) is 60.8 Å². The van der Waals surface area contributed by atoms with Crippen LogP contribution in [0.1, 0.15) is 44.7 Å². The van der Waals surface area contributed by atoms with Crippen LogP contribution in [0.5, 0.6) is 5.75 Å². The molecule has 0 radical (unpaired) electrons. The highest BCUT2D eigenvalue weighted by Gasteiger charge is 2.34. The largest absolute Gasteiger partial charge is 0.494 e. The summed E-state index contributed by atoms with van der Waals surface area (Å²) in [7, 11) is -4.19. The van der Waals surface area contributed by atoms with Crippen LogP contribution in [0.25, 0.3) is 0 Å². The van der Waals surface area contributed by atoms with E-state index >= 15 is 0 Å². The number of aryl methyl sites for hydroxylation is 1. The molecule has 0 aliphatic carbocycles. The number of carbonyl (C=O) groups excluding carboxylic acids is 2. The number of halogens is 2. The van der Waals surface area contributed by atoms with E-state index in [1.807, 2.05) is 20.8 Å². The number of amides is 2. The number of anilines is 1. The Bertz CT molecular complexity index is 1440. The molecule has 0 fully saturated rings. The molecule has 0 aliphatic rings. The van der Waals surface area contributed by atoms with Crippen LogP contribution in [0.4, 0.5) is 5.69 Å². The molecule has 0 saturated carbocycles. The highest BCUT2D eigenvalue weighted by molar-refractivity contribution is 7.92. The number of rotatable bonds is 14. The van der Waals surface area contributed by atoms with Crippen LogP contribution in [0.3, 0.4) is 0 Å².